The molecule has 1 aromatic carbocycles. The molecule has 1 saturated heterocycles. The summed E-state index contributed by atoms with van der Waals surface area (Å²) in [6.45, 7) is 5.03. The van der Waals surface area contributed by atoms with Gasteiger partial charge in [-0.2, -0.15) is 0 Å². The molecule has 0 unspecified atom stereocenters. The Balaban J connectivity index is 2.19. The summed E-state index contributed by atoms with van der Waals surface area (Å²) in [7, 11) is 0. The summed E-state index contributed by atoms with van der Waals surface area (Å²) in [6, 6.07) is 5.19. The Hall–Kier alpha value is -1.95. The number of hydrogen-bond acceptors (Lipinski definition) is 3. The molecule has 3 amide bonds. The molecule has 6 heteroatoms. The topological polar surface area (TPSA) is 69.6 Å². The van der Waals surface area contributed by atoms with Gasteiger partial charge in [-0.1, -0.05) is 32.0 Å². The van der Waals surface area contributed by atoms with Crippen molar-refractivity contribution >= 4 is 11.9 Å². The second kappa shape index (κ2) is 5.44. The van der Waals surface area contributed by atoms with Gasteiger partial charge in [-0.05, 0) is 18.9 Å². The minimum absolute atomic E-state index is 0.0660. The molecule has 1 aromatic rings. The summed E-state index contributed by atoms with van der Waals surface area (Å²) in [6.07, 6.45) is -1.25. The Labute approximate surface area is 122 Å². The predicted octanol–water partition coefficient (Wildman–Crippen LogP) is 1.83. The highest BCUT2D eigenvalue weighted by Crippen LogP contribution is 2.27. The van der Waals surface area contributed by atoms with Crippen LogP contribution in [-0.4, -0.2) is 34.0 Å². The maximum atomic E-state index is 13.6. The van der Waals surface area contributed by atoms with Crippen LogP contribution in [0, 0.1) is 11.7 Å². The van der Waals surface area contributed by atoms with Crippen LogP contribution in [-0.2, 0) is 4.79 Å². The van der Waals surface area contributed by atoms with Crippen LogP contribution in [0.15, 0.2) is 24.3 Å². The van der Waals surface area contributed by atoms with Crippen LogP contribution in [0.2, 0.25) is 0 Å². The van der Waals surface area contributed by atoms with E-state index >= 15 is 0 Å². The fourth-order valence-corrected chi connectivity index (χ4v) is 2.29. The molecular weight excluding hydrogens is 275 g/mol. The minimum atomic E-state index is -1.25. The van der Waals surface area contributed by atoms with E-state index in [0.29, 0.717) is 0 Å². The molecule has 1 fully saturated rings. The summed E-state index contributed by atoms with van der Waals surface area (Å²) >= 11 is 0. The van der Waals surface area contributed by atoms with Gasteiger partial charge in [-0.25, -0.2) is 9.18 Å². The maximum Gasteiger partial charge on any atom is 0.325 e. The molecule has 1 heterocycles. The first-order valence-corrected chi connectivity index (χ1v) is 6.84. The summed E-state index contributed by atoms with van der Waals surface area (Å²) in [4.78, 5) is 25.3. The van der Waals surface area contributed by atoms with E-state index in [1.54, 1.807) is 13.0 Å². The van der Waals surface area contributed by atoms with Crippen LogP contribution in [0.1, 0.15) is 32.4 Å². The maximum absolute atomic E-state index is 13.6. The van der Waals surface area contributed by atoms with E-state index < -0.39 is 29.4 Å². The van der Waals surface area contributed by atoms with Gasteiger partial charge < -0.3 is 10.4 Å². The number of nitrogens with zero attached hydrogens (tertiary/aromatic N) is 1. The zero-order chi connectivity index (χ0) is 15.8. The van der Waals surface area contributed by atoms with Gasteiger partial charge in [0, 0.05) is 5.56 Å². The van der Waals surface area contributed by atoms with E-state index in [1.807, 2.05) is 13.8 Å². The molecule has 1 aliphatic rings. The minimum Gasteiger partial charge on any atom is -0.386 e. The van der Waals surface area contributed by atoms with Gasteiger partial charge in [0.25, 0.3) is 5.91 Å². The van der Waals surface area contributed by atoms with Crippen LogP contribution in [0.5, 0.6) is 0 Å². The molecule has 2 N–H and O–H groups in total. The molecule has 1 aliphatic heterocycles. The normalized spacial score (nSPS) is 23.6. The lowest BCUT2D eigenvalue weighted by molar-refractivity contribution is -0.133. The van der Waals surface area contributed by atoms with Crippen LogP contribution in [0.4, 0.5) is 9.18 Å². The van der Waals surface area contributed by atoms with Gasteiger partial charge >= 0.3 is 6.03 Å². The average molecular weight is 294 g/mol. The number of benzene rings is 1. The van der Waals surface area contributed by atoms with Crippen molar-refractivity contribution in [3.8, 4) is 0 Å². The molecular formula is C15H19FN2O3. The van der Waals surface area contributed by atoms with E-state index in [1.165, 1.54) is 18.2 Å². The van der Waals surface area contributed by atoms with Crippen molar-refractivity contribution in [3.05, 3.63) is 35.6 Å². The number of halogens is 1. The molecule has 21 heavy (non-hydrogen) atoms. The van der Waals surface area contributed by atoms with Gasteiger partial charge in [0.15, 0.2) is 0 Å². The Kier molecular flexibility index (Phi) is 4.00. The van der Waals surface area contributed by atoms with Crippen LogP contribution < -0.4 is 5.32 Å². The van der Waals surface area contributed by atoms with Crippen molar-refractivity contribution in [2.75, 3.05) is 6.54 Å². The number of imide groups is 1. The van der Waals surface area contributed by atoms with Crippen LogP contribution >= 0.6 is 0 Å². The molecule has 0 spiro atoms. The number of amides is 3. The molecule has 0 aliphatic carbocycles. The van der Waals surface area contributed by atoms with E-state index in [2.05, 4.69) is 5.32 Å². The van der Waals surface area contributed by atoms with Crippen LogP contribution in [0.25, 0.3) is 0 Å². The van der Waals surface area contributed by atoms with Crippen LogP contribution in [0.3, 0.4) is 0 Å². The number of aliphatic hydroxyl groups excluding tert-OH is 1. The lowest BCUT2D eigenvalue weighted by Gasteiger charge is -2.26. The fraction of sp³-hybridized carbons (Fsp3) is 0.467. The smallest absolute Gasteiger partial charge is 0.325 e. The average Bonchev–Trinajstić information content (AvgIpc) is 2.64. The summed E-state index contributed by atoms with van der Waals surface area (Å²) in [5.74, 6) is -1.06. The Morgan fingerprint density at radius 3 is 2.48 bits per heavy atom. The van der Waals surface area contributed by atoms with Crippen molar-refractivity contribution in [1.29, 1.82) is 0 Å². The van der Waals surface area contributed by atoms with Crippen molar-refractivity contribution in [3.63, 3.8) is 0 Å². The summed E-state index contributed by atoms with van der Waals surface area (Å²) < 4.78 is 13.6. The van der Waals surface area contributed by atoms with E-state index in [4.69, 9.17) is 0 Å². The van der Waals surface area contributed by atoms with Crippen molar-refractivity contribution in [2.24, 2.45) is 5.92 Å². The third-order valence-corrected chi connectivity index (χ3v) is 4.08. The van der Waals surface area contributed by atoms with Crippen molar-refractivity contribution < 1.29 is 19.1 Å². The lowest BCUT2D eigenvalue weighted by atomic mass is 9.88. The number of carbonyl (C=O) groups is 2. The number of aliphatic hydroxyl groups is 1. The molecule has 2 rings (SSSR count). The van der Waals surface area contributed by atoms with Crippen molar-refractivity contribution in [1.82, 2.24) is 10.2 Å². The molecule has 0 radical (unpaired) electrons. The molecule has 2 atom stereocenters. The van der Waals surface area contributed by atoms with Crippen molar-refractivity contribution in [2.45, 2.75) is 32.4 Å². The number of carbonyl (C=O) groups excluding carboxylic acids is 2. The zero-order valence-electron chi connectivity index (χ0n) is 12.3. The molecule has 114 valence electrons. The van der Waals surface area contributed by atoms with Gasteiger partial charge in [-0.3, -0.25) is 9.69 Å². The first-order valence-electron chi connectivity index (χ1n) is 6.84. The Bertz CT molecular complexity index is 576. The number of hydrogen-bond donors (Lipinski definition) is 2. The largest absolute Gasteiger partial charge is 0.386 e. The highest BCUT2D eigenvalue weighted by Gasteiger charge is 2.50. The first-order chi connectivity index (χ1) is 9.77. The lowest BCUT2D eigenvalue weighted by Crippen LogP contribution is -2.48. The quantitative estimate of drug-likeness (QED) is 0.832. The van der Waals surface area contributed by atoms with Gasteiger partial charge in [0.1, 0.15) is 11.4 Å². The first kappa shape index (κ1) is 15.4. The SMILES string of the molecule is CC(C)[C@]1(C)NC(=O)N(C[C@@H](O)c2ccccc2F)C1=O. The van der Waals surface area contributed by atoms with E-state index in [0.717, 1.165) is 4.90 Å². The van der Waals surface area contributed by atoms with Gasteiger partial charge in [-0.15, -0.1) is 0 Å². The van der Waals surface area contributed by atoms with E-state index in [9.17, 15) is 19.1 Å². The number of β-amino-alcohol motifs (C(OH)–C–C–N with tert-alkyl or cyclic N) is 1. The third-order valence-electron chi connectivity index (χ3n) is 4.08. The molecule has 5 nitrogen and oxygen atoms in total. The zero-order valence-corrected chi connectivity index (χ0v) is 12.3. The second-order valence-electron chi connectivity index (χ2n) is 5.74. The number of rotatable bonds is 4. The highest BCUT2D eigenvalue weighted by molar-refractivity contribution is 6.07. The molecule has 0 bridgehead atoms. The number of urea groups is 1. The second-order valence-corrected chi connectivity index (χ2v) is 5.74. The third kappa shape index (κ3) is 2.63. The highest BCUT2D eigenvalue weighted by atomic mass is 19.1. The molecule has 0 saturated carbocycles. The Morgan fingerprint density at radius 1 is 1.33 bits per heavy atom. The summed E-state index contributed by atoms with van der Waals surface area (Å²) in [5.41, 5.74) is -0.928. The van der Waals surface area contributed by atoms with Gasteiger partial charge in [0.2, 0.25) is 0 Å². The fourth-order valence-electron chi connectivity index (χ4n) is 2.29. The standard InChI is InChI=1S/C15H19FN2O3/c1-9(2)15(3)13(20)18(14(21)17-15)8-12(19)10-6-4-5-7-11(10)16/h4-7,9,12,19H,8H2,1-3H3,(H,17,21)/t12-,15+/m1/s1. The van der Waals surface area contributed by atoms with E-state index in [-0.39, 0.29) is 18.0 Å². The summed E-state index contributed by atoms with van der Waals surface area (Å²) in [5, 5.41) is 12.7. The Morgan fingerprint density at radius 2 is 1.95 bits per heavy atom. The predicted molar refractivity (Wildman–Crippen MR) is 74.8 cm³/mol. The monoisotopic (exact) mass is 294 g/mol. The van der Waals surface area contributed by atoms with Gasteiger partial charge in [0.05, 0.1) is 12.6 Å². The number of nitrogens with one attached hydrogen (secondary N) is 1. The molecule has 0 aromatic heterocycles.